The van der Waals surface area contributed by atoms with Gasteiger partial charge in [0.25, 0.3) is 5.56 Å². The number of esters is 1. The second-order valence-electron chi connectivity index (χ2n) is 10.5. The van der Waals surface area contributed by atoms with Crippen LogP contribution in [0.25, 0.3) is 11.8 Å². The summed E-state index contributed by atoms with van der Waals surface area (Å²) >= 11 is 7.25. The lowest BCUT2D eigenvalue weighted by Crippen LogP contribution is -2.40. The maximum atomic E-state index is 14.2. The van der Waals surface area contributed by atoms with Crippen molar-refractivity contribution in [3.8, 4) is 17.2 Å². The minimum absolute atomic E-state index is 0.168. The molecule has 238 valence electrons. The SMILES string of the molecule is CCOC(=O)C1=C(c2ccccc2)N=c2s/c(=C\c3ccc(OCc4ccc(Cl)cc4)c(OC)c3)c(=O)n2[C@@H]1c1cccc(OC)c1. The number of thiazole rings is 1. The van der Waals surface area contributed by atoms with Crippen LogP contribution in [-0.4, -0.2) is 31.4 Å². The van der Waals surface area contributed by atoms with Crippen molar-refractivity contribution in [2.45, 2.75) is 19.6 Å². The summed E-state index contributed by atoms with van der Waals surface area (Å²) in [6.07, 6.45) is 1.79. The highest BCUT2D eigenvalue weighted by Gasteiger charge is 2.35. The number of nitrogens with zero attached hydrogens (tertiary/aromatic N) is 2. The number of hydrogen-bond donors (Lipinski definition) is 0. The minimum atomic E-state index is -0.809. The van der Waals surface area contributed by atoms with Crippen molar-refractivity contribution in [3.05, 3.63) is 150 Å². The second kappa shape index (κ2) is 14.1. The van der Waals surface area contributed by atoms with Crippen LogP contribution in [0.1, 0.15) is 35.2 Å². The summed E-state index contributed by atoms with van der Waals surface area (Å²) in [6, 6.07) is 28.9. The van der Waals surface area contributed by atoms with E-state index in [0.29, 0.717) is 49.5 Å². The fourth-order valence-electron chi connectivity index (χ4n) is 5.35. The first-order valence-corrected chi connectivity index (χ1v) is 16.1. The fourth-order valence-corrected chi connectivity index (χ4v) is 6.48. The Balaban J connectivity index is 1.47. The van der Waals surface area contributed by atoms with E-state index in [9.17, 15) is 9.59 Å². The summed E-state index contributed by atoms with van der Waals surface area (Å²) in [7, 11) is 3.14. The zero-order valence-corrected chi connectivity index (χ0v) is 27.5. The highest BCUT2D eigenvalue weighted by Crippen LogP contribution is 2.36. The number of aromatic nitrogens is 1. The molecule has 0 spiro atoms. The summed E-state index contributed by atoms with van der Waals surface area (Å²) in [4.78, 5) is 33.3. The van der Waals surface area contributed by atoms with Crippen LogP contribution in [0.4, 0.5) is 0 Å². The molecule has 0 saturated heterocycles. The van der Waals surface area contributed by atoms with Crippen molar-refractivity contribution in [2.24, 2.45) is 4.99 Å². The van der Waals surface area contributed by atoms with Gasteiger partial charge >= 0.3 is 5.97 Å². The van der Waals surface area contributed by atoms with Gasteiger partial charge in [-0.2, -0.15) is 0 Å². The van der Waals surface area contributed by atoms with Gasteiger partial charge < -0.3 is 18.9 Å². The van der Waals surface area contributed by atoms with E-state index in [1.54, 1.807) is 31.8 Å². The molecule has 8 nitrogen and oxygen atoms in total. The van der Waals surface area contributed by atoms with E-state index >= 15 is 0 Å². The van der Waals surface area contributed by atoms with Crippen LogP contribution in [0.5, 0.6) is 17.2 Å². The van der Waals surface area contributed by atoms with E-state index in [-0.39, 0.29) is 17.7 Å². The highest BCUT2D eigenvalue weighted by atomic mass is 35.5. The van der Waals surface area contributed by atoms with Crippen molar-refractivity contribution in [3.63, 3.8) is 0 Å². The first kappa shape index (κ1) is 31.8. The van der Waals surface area contributed by atoms with E-state index in [0.717, 1.165) is 16.7 Å². The molecule has 47 heavy (non-hydrogen) atoms. The molecular formula is C37H31ClN2O6S. The number of methoxy groups -OCH3 is 2. The Morgan fingerprint density at radius 3 is 2.45 bits per heavy atom. The zero-order chi connectivity index (χ0) is 32.9. The lowest BCUT2D eigenvalue weighted by Gasteiger charge is -2.26. The number of fused-ring (bicyclic) bond motifs is 1. The Bertz CT molecular complexity index is 2140. The van der Waals surface area contributed by atoms with Crippen LogP contribution in [0, 0.1) is 0 Å². The standard InChI is InChI=1S/C37H31ClN2O6S/c1-4-45-36(42)32-33(25-9-6-5-7-10-25)39-37-40(34(32)26-11-8-12-28(21-26)43-2)35(41)31(47-37)20-24-15-18-29(30(19-24)44-3)46-22-23-13-16-27(38)17-14-23/h5-21,34H,4,22H2,1-3H3/b31-20-/t34-/m1/s1. The van der Waals surface area contributed by atoms with Crippen LogP contribution in [-0.2, 0) is 16.1 Å². The normalized spacial score (nSPS) is 14.3. The van der Waals surface area contributed by atoms with Crippen LogP contribution < -0.4 is 29.1 Å². The second-order valence-corrected chi connectivity index (χ2v) is 12.0. The number of rotatable bonds is 10. The first-order chi connectivity index (χ1) is 22.9. The van der Waals surface area contributed by atoms with Gasteiger partial charge in [0.2, 0.25) is 0 Å². The third-order valence-electron chi connectivity index (χ3n) is 7.58. The molecule has 4 aromatic carbocycles. The van der Waals surface area contributed by atoms with E-state index < -0.39 is 12.0 Å². The van der Waals surface area contributed by atoms with Gasteiger partial charge in [0.1, 0.15) is 12.4 Å². The molecule has 1 aliphatic rings. The van der Waals surface area contributed by atoms with E-state index in [4.69, 9.17) is 35.5 Å². The van der Waals surface area contributed by atoms with Gasteiger partial charge in [0.05, 0.1) is 42.7 Å². The van der Waals surface area contributed by atoms with Crippen molar-refractivity contribution >= 4 is 40.7 Å². The number of halogens is 1. The quantitative estimate of drug-likeness (QED) is 0.165. The summed E-state index contributed by atoms with van der Waals surface area (Å²) in [5, 5.41) is 0.657. The lowest BCUT2D eigenvalue weighted by molar-refractivity contribution is -0.138. The van der Waals surface area contributed by atoms with Gasteiger partial charge in [0, 0.05) is 10.6 Å². The topological polar surface area (TPSA) is 88.4 Å². The third-order valence-corrected chi connectivity index (χ3v) is 8.81. The molecule has 0 saturated carbocycles. The summed E-state index contributed by atoms with van der Waals surface area (Å²) in [5.41, 5.74) is 3.55. The zero-order valence-electron chi connectivity index (χ0n) is 25.9. The predicted octanol–water partition coefficient (Wildman–Crippen LogP) is 6.19. The lowest BCUT2D eigenvalue weighted by atomic mass is 9.93. The summed E-state index contributed by atoms with van der Waals surface area (Å²) in [6.45, 7) is 2.25. The van der Waals surface area contributed by atoms with Crippen LogP contribution in [0.15, 0.2) is 112 Å². The van der Waals surface area contributed by atoms with E-state index in [1.807, 2.05) is 97.1 Å². The molecular weight excluding hydrogens is 636 g/mol. The van der Waals surface area contributed by atoms with Gasteiger partial charge in [-0.1, -0.05) is 83.6 Å². The smallest absolute Gasteiger partial charge is 0.338 e. The molecule has 0 amide bonds. The molecule has 0 radical (unpaired) electrons. The largest absolute Gasteiger partial charge is 0.497 e. The maximum absolute atomic E-state index is 14.2. The molecule has 1 aliphatic heterocycles. The van der Waals surface area contributed by atoms with E-state index in [2.05, 4.69) is 0 Å². The fraction of sp³-hybridized carbons (Fsp3) is 0.162. The number of carbonyl (C=O) groups is 1. The third kappa shape index (κ3) is 6.72. The predicted molar refractivity (Wildman–Crippen MR) is 183 cm³/mol. The van der Waals surface area contributed by atoms with Crippen molar-refractivity contribution in [2.75, 3.05) is 20.8 Å². The molecule has 10 heteroatoms. The number of hydrogen-bond acceptors (Lipinski definition) is 8. The molecule has 0 aliphatic carbocycles. The summed E-state index contributed by atoms with van der Waals surface area (Å²) in [5.74, 6) is 1.13. The van der Waals surface area contributed by atoms with Gasteiger partial charge in [0.15, 0.2) is 16.3 Å². The molecule has 6 rings (SSSR count). The van der Waals surface area contributed by atoms with Gasteiger partial charge in [-0.25, -0.2) is 9.79 Å². The average Bonchev–Trinajstić information content (AvgIpc) is 3.41. The molecule has 5 aromatic rings. The van der Waals surface area contributed by atoms with Crippen molar-refractivity contribution < 1.29 is 23.7 Å². The van der Waals surface area contributed by atoms with Gasteiger partial charge in [-0.05, 0) is 66.1 Å². The monoisotopic (exact) mass is 666 g/mol. The van der Waals surface area contributed by atoms with Crippen LogP contribution in [0.3, 0.4) is 0 Å². The van der Waals surface area contributed by atoms with Crippen LogP contribution in [0.2, 0.25) is 5.02 Å². The number of ether oxygens (including phenoxy) is 4. The molecule has 0 N–H and O–H groups in total. The molecule has 2 heterocycles. The van der Waals surface area contributed by atoms with Crippen molar-refractivity contribution in [1.82, 2.24) is 4.57 Å². The minimum Gasteiger partial charge on any atom is -0.497 e. The van der Waals surface area contributed by atoms with Crippen LogP contribution >= 0.6 is 22.9 Å². The Hall–Kier alpha value is -5.12. The summed E-state index contributed by atoms with van der Waals surface area (Å²) < 4.78 is 24.7. The molecule has 1 atom stereocenters. The Morgan fingerprint density at radius 1 is 0.936 bits per heavy atom. The molecule has 0 fully saturated rings. The number of benzene rings is 4. The Kier molecular flexibility index (Phi) is 9.56. The first-order valence-electron chi connectivity index (χ1n) is 14.9. The molecule has 1 aromatic heterocycles. The Labute approximate surface area is 280 Å². The van der Waals surface area contributed by atoms with Gasteiger partial charge in [-0.3, -0.25) is 9.36 Å². The average molecular weight is 667 g/mol. The maximum Gasteiger partial charge on any atom is 0.338 e. The number of carbonyl (C=O) groups excluding carboxylic acids is 1. The Morgan fingerprint density at radius 2 is 1.72 bits per heavy atom. The molecule has 0 bridgehead atoms. The molecule has 0 unspecified atom stereocenters. The highest BCUT2D eigenvalue weighted by molar-refractivity contribution is 7.07. The van der Waals surface area contributed by atoms with Gasteiger partial charge in [-0.15, -0.1) is 0 Å². The van der Waals surface area contributed by atoms with Crippen molar-refractivity contribution in [1.29, 1.82) is 0 Å². The van der Waals surface area contributed by atoms with E-state index in [1.165, 1.54) is 11.3 Å².